The summed E-state index contributed by atoms with van der Waals surface area (Å²) in [6.07, 6.45) is 2.55. The predicted molar refractivity (Wildman–Crippen MR) is 88.2 cm³/mol. The molecule has 1 fully saturated rings. The van der Waals surface area contributed by atoms with E-state index in [-0.39, 0.29) is 0 Å². The topological polar surface area (TPSA) is 15.7 Å². The third-order valence-electron chi connectivity index (χ3n) is 5.31. The lowest BCUT2D eigenvalue weighted by Gasteiger charge is -2.40. The molecule has 1 aromatic rings. The van der Waals surface area contributed by atoms with E-state index in [9.17, 15) is 0 Å². The highest BCUT2D eigenvalue weighted by Crippen LogP contribution is 2.47. The van der Waals surface area contributed by atoms with Crippen LogP contribution in [-0.2, 0) is 10.2 Å². The van der Waals surface area contributed by atoms with Crippen LogP contribution in [0.4, 0.5) is 5.69 Å². The lowest BCUT2D eigenvalue weighted by Crippen LogP contribution is -2.46. The van der Waals surface area contributed by atoms with E-state index in [0.29, 0.717) is 11.5 Å². The first kappa shape index (κ1) is 14.9. The third kappa shape index (κ3) is 2.69. The highest BCUT2D eigenvalue weighted by molar-refractivity contribution is 5.63. The first-order valence-corrected chi connectivity index (χ1v) is 8.24. The molecule has 1 aromatic carbocycles. The Labute approximate surface area is 128 Å². The Balaban J connectivity index is 1.78. The molecule has 2 heterocycles. The summed E-state index contributed by atoms with van der Waals surface area (Å²) >= 11 is 0. The monoisotopic (exact) mass is 288 g/mol. The number of para-hydroxylation sites is 1. The summed E-state index contributed by atoms with van der Waals surface area (Å²) in [6, 6.07) is 9.64. The standard InChI is InChI=1S/C18H28N2O/c1-15(2)20-14-18(16-6-4-5-7-17(16)20)8-10-19(11-9-18)12-13-21-3/h4-7,15H,8-14H2,1-3H3. The van der Waals surface area contributed by atoms with Crippen LogP contribution in [0.2, 0.25) is 0 Å². The minimum Gasteiger partial charge on any atom is -0.383 e. The molecule has 3 rings (SSSR count). The van der Waals surface area contributed by atoms with Gasteiger partial charge in [0.05, 0.1) is 6.61 Å². The second kappa shape index (κ2) is 5.98. The molecule has 1 spiro atoms. The number of hydrogen-bond acceptors (Lipinski definition) is 3. The predicted octanol–water partition coefficient (Wildman–Crippen LogP) is 2.90. The number of methoxy groups -OCH3 is 1. The van der Waals surface area contributed by atoms with Crippen molar-refractivity contribution in [2.24, 2.45) is 0 Å². The van der Waals surface area contributed by atoms with E-state index in [4.69, 9.17) is 4.74 Å². The quantitative estimate of drug-likeness (QED) is 0.847. The number of nitrogens with zero attached hydrogens (tertiary/aromatic N) is 2. The molecule has 2 aliphatic rings. The summed E-state index contributed by atoms with van der Waals surface area (Å²) in [4.78, 5) is 5.15. The third-order valence-corrected chi connectivity index (χ3v) is 5.31. The number of ether oxygens (including phenoxy) is 1. The maximum Gasteiger partial charge on any atom is 0.0589 e. The number of rotatable bonds is 4. The molecule has 0 bridgehead atoms. The van der Waals surface area contributed by atoms with Crippen LogP contribution in [0.25, 0.3) is 0 Å². The van der Waals surface area contributed by atoms with E-state index < -0.39 is 0 Å². The average molecular weight is 288 g/mol. The van der Waals surface area contributed by atoms with E-state index in [1.807, 2.05) is 0 Å². The van der Waals surface area contributed by atoms with Crippen LogP contribution >= 0.6 is 0 Å². The number of anilines is 1. The van der Waals surface area contributed by atoms with Gasteiger partial charge in [0.2, 0.25) is 0 Å². The molecule has 0 unspecified atom stereocenters. The first-order valence-electron chi connectivity index (χ1n) is 8.24. The number of piperidine rings is 1. The molecule has 0 radical (unpaired) electrons. The molecule has 0 atom stereocenters. The van der Waals surface area contributed by atoms with Crippen molar-refractivity contribution in [3.8, 4) is 0 Å². The van der Waals surface area contributed by atoms with Gasteiger partial charge in [0.1, 0.15) is 0 Å². The fourth-order valence-corrected chi connectivity index (χ4v) is 3.98. The van der Waals surface area contributed by atoms with Gasteiger partial charge in [0, 0.05) is 37.3 Å². The summed E-state index contributed by atoms with van der Waals surface area (Å²) in [5.41, 5.74) is 3.44. The van der Waals surface area contributed by atoms with Gasteiger partial charge in [-0.05, 0) is 51.4 Å². The fraction of sp³-hybridized carbons (Fsp3) is 0.667. The molecule has 1 saturated heterocycles. The van der Waals surface area contributed by atoms with Gasteiger partial charge in [0.15, 0.2) is 0 Å². The first-order chi connectivity index (χ1) is 10.2. The van der Waals surface area contributed by atoms with E-state index in [2.05, 4.69) is 47.9 Å². The highest BCUT2D eigenvalue weighted by atomic mass is 16.5. The summed E-state index contributed by atoms with van der Waals surface area (Å²) < 4.78 is 5.22. The van der Waals surface area contributed by atoms with E-state index in [1.54, 1.807) is 12.7 Å². The van der Waals surface area contributed by atoms with Crippen molar-refractivity contribution in [1.29, 1.82) is 0 Å². The average Bonchev–Trinajstić information content (AvgIpc) is 2.82. The zero-order chi connectivity index (χ0) is 14.9. The van der Waals surface area contributed by atoms with E-state index >= 15 is 0 Å². The van der Waals surface area contributed by atoms with E-state index in [1.165, 1.54) is 38.2 Å². The van der Waals surface area contributed by atoms with Gasteiger partial charge < -0.3 is 14.5 Å². The summed E-state index contributed by atoms with van der Waals surface area (Å²) in [7, 11) is 1.79. The van der Waals surface area contributed by atoms with Gasteiger partial charge in [-0.3, -0.25) is 0 Å². The molecule has 0 aliphatic carbocycles. The molecule has 0 amide bonds. The number of likely N-dealkylation sites (tertiary alicyclic amines) is 1. The zero-order valence-corrected chi connectivity index (χ0v) is 13.6. The van der Waals surface area contributed by atoms with Crippen LogP contribution in [0.3, 0.4) is 0 Å². The summed E-state index contributed by atoms with van der Waals surface area (Å²) in [6.45, 7) is 10.1. The Morgan fingerprint density at radius 2 is 1.90 bits per heavy atom. The Bertz CT molecular complexity index is 478. The summed E-state index contributed by atoms with van der Waals surface area (Å²) in [5, 5.41) is 0. The zero-order valence-electron chi connectivity index (χ0n) is 13.6. The largest absolute Gasteiger partial charge is 0.383 e. The lowest BCUT2D eigenvalue weighted by atomic mass is 9.74. The van der Waals surface area contributed by atoms with Gasteiger partial charge in [-0.25, -0.2) is 0 Å². The van der Waals surface area contributed by atoms with Crippen LogP contribution in [0.1, 0.15) is 32.3 Å². The van der Waals surface area contributed by atoms with E-state index in [0.717, 1.165) is 13.2 Å². The van der Waals surface area contributed by atoms with Crippen molar-refractivity contribution >= 4 is 5.69 Å². The van der Waals surface area contributed by atoms with Crippen LogP contribution in [0, 0.1) is 0 Å². The molecule has 0 N–H and O–H groups in total. The van der Waals surface area contributed by atoms with Gasteiger partial charge >= 0.3 is 0 Å². The van der Waals surface area contributed by atoms with Crippen molar-refractivity contribution < 1.29 is 4.74 Å². The maximum atomic E-state index is 5.22. The van der Waals surface area contributed by atoms with Crippen molar-refractivity contribution in [3.63, 3.8) is 0 Å². The number of benzene rings is 1. The Morgan fingerprint density at radius 1 is 1.19 bits per heavy atom. The van der Waals surface area contributed by atoms with Gasteiger partial charge in [-0.1, -0.05) is 18.2 Å². The molecule has 116 valence electrons. The fourth-order valence-electron chi connectivity index (χ4n) is 3.98. The molecule has 2 aliphatic heterocycles. The van der Waals surface area contributed by atoms with Crippen molar-refractivity contribution in [1.82, 2.24) is 4.90 Å². The Kier molecular flexibility index (Phi) is 4.23. The van der Waals surface area contributed by atoms with Gasteiger partial charge in [-0.15, -0.1) is 0 Å². The minimum absolute atomic E-state index is 0.379. The maximum absolute atomic E-state index is 5.22. The van der Waals surface area contributed by atoms with Gasteiger partial charge in [-0.2, -0.15) is 0 Å². The molecular formula is C18H28N2O. The Hall–Kier alpha value is -1.06. The number of hydrogen-bond donors (Lipinski definition) is 0. The van der Waals surface area contributed by atoms with Gasteiger partial charge in [0.25, 0.3) is 0 Å². The number of fused-ring (bicyclic) bond motifs is 2. The van der Waals surface area contributed by atoms with Crippen molar-refractivity contribution in [3.05, 3.63) is 29.8 Å². The molecular weight excluding hydrogens is 260 g/mol. The highest BCUT2D eigenvalue weighted by Gasteiger charge is 2.44. The van der Waals surface area contributed by atoms with Crippen LogP contribution in [0.5, 0.6) is 0 Å². The smallest absolute Gasteiger partial charge is 0.0589 e. The Morgan fingerprint density at radius 3 is 2.57 bits per heavy atom. The molecule has 0 saturated carbocycles. The lowest BCUT2D eigenvalue weighted by molar-refractivity contribution is 0.112. The minimum atomic E-state index is 0.379. The van der Waals surface area contributed by atoms with Crippen molar-refractivity contribution in [2.75, 3.05) is 44.8 Å². The molecule has 3 heteroatoms. The van der Waals surface area contributed by atoms with Crippen LogP contribution < -0.4 is 4.90 Å². The summed E-state index contributed by atoms with van der Waals surface area (Å²) in [5.74, 6) is 0. The molecule has 0 aromatic heterocycles. The second-order valence-electron chi connectivity index (χ2n) is 6.85. The second-order valence-corrected chi connectivity index (χ2v) is 6.85. The normalized spacial score (nSPS) is 21.2. The van der Waals surface area contributed by atoms with Crippen molar-refractivity contribution in [2.45, 2.75) is 38.1 Å². The van der Waals surface area contributed by atoms with Crippen LogP contribution in [-0.4, -0.2) is 50.8 Å². The molecule has 3 nitrogen and oxygen atoms in total. The van der Waals surface area contributed by atoms with Crippen LogP contribution in [0.15, 0.2) is 24.3 Å². The SMILES string of the molecule is COCCN1CCC2(CC1)CN(C(C)C)c1ccccc12. The molecule has 21 heavy (non-hydrogen) atoms.